The molecule has 0 aliphatic carbocycles. The van der Waals surface area contributed by atoms with Crippen LogP contribution in [0.25, 0.3) is 0 Å². The van der Waals surface area contributed by atoms with E-state index in [0.29, 0.717) is 25.5 Å². The fourth-order valence-electron chi connectivity index (χ4n) is 3.26. The number of guanidine groups is 1. The second-order valence-electron chi connectivity index (χ2n) is 8.33. The lowest BCUT2D eigenvalue weighted by Crippen LogP contribution is -2.59. The molecule has 0 aliphatic heterocycles. The van der Waals surface area contributed by atoms with Gasteiger partial charge in [0.2, 0.25) is 17.7 Å². The Morgan fingerprint density at radius 1 is 1.03 bits per heavy atom. The minimum atomic E-state index is -0.973. The smallest absolute Gasteiger partial charge is 0.246 e. The SMILES string of the molecule is CC(=O)N[C@@H](CC(C)C)C(=O)N(C(C=O)CCCN=C(N)N)[C@@H](CC(C)C)C(N)=O. The lowest BCUT2D eigenvalue weighted by molar-refractivity contribution is -0.147. The van der Waals surface area contributed by atoms with E-state index in [-0.39, 0.29) is 36.7 Å². The van der Waals surface area contributed by atoms with E-state index in [2.05, 4.69) is 10.3 Å². The molecule has 7 N–H and O–H groups in total. The topological polar surface area (TPSA) is 174 Å². The molecule has 0 rings (SSSR count). The highest BCUT2D eigenvalue weighted by atomic mass is 16.2. The molecule has 1 unspecified atom stereocenters. The van der Waals surface area contributed by atoms with Crippen LogP contribution in [0.15, 0.2) is 4.99 Å². The highest BCUT2D eigenvalue weighted by molar-refractivity contribution is 5.93. The summed E-state index contributed by atoms with van der Waals surface area (Å²) in [5.74, 6) is -1.48. The van der Waals surface area contributed by atoms with Gasteiger partial charge in [0.25, 0.3) is 0 Å². The lowest BCUT2D eigenvalue weighted by atomic mass is 9.95. The molecule has 3 atom stereocenters. The molecule has 0 aromatic carbocycles. The van der Waals surface area contributed by atoms with Gasteiger partial charge >= 0.3 is 0 Å². The number of aldehydes is 1. The normalized spacial score (nSPS) is 14.0. The van der Waals surface area contributed by atoms with Crippen LogP contribution >= 0.6 is 0 Å². The van der Waals surface area contributed by atoms with Crippen LogP contribution in [-0.4, -0.2) is 59.5 Å². The number of primary amides is 1. The van der Waals surface area contributed by atoms with Gasteiger partial charge in [-0.3, -0.25) is 19.4 Å². The zero-order chi connectivity index (χ0) is 23.4. The first kappa shape index (κ1) is 27.4. The van der Waals surface area contributed by atoms with Crippen LogP contribution < -0.4 is 22.5 Å². The molecule has 0 radical (unpaired) electrons. The van der Waals surface area contributed by atoms with E-state index < -0.39 is 29.9 Å². The summed E-state index contributed by atoms with van der Waals surface area (Å²) in [5, 5.41) is 2.65. The number of amides is 3. The van der Waals surface area contributed by atoms with Gasteiger partial charge < -0.3 is 32.2 Å². The van der Waals surface area contributed by atoms with E-state index >= 15 is 0 Å². The van der Waals surface area contributed by atoms with Crippen molar-refractivity contribution >= 4 is 30.0 Å². The van der Waals surface area contributed by atoms with Crippen LogP contribution in [0.5, 0.6) is 0 Å². The van der Waals surface area contributed by atoms with Gasteiger partial charge in [-0.15, -0.1) is 0 Å². The van der Waals surface area contributed by atoms with Crippen molar-refractivity contribution in [2.75, 3.05) is 6.54 Å². The second-order valence-corrected chi connectivity index (χ2v) is 8.33. The number of nitrogens with zero attached hydrogens (tertiary/aromatic N) is 2. The summed E-state index contributed by atoms with van der Waals surface area (Å²) in [6, 6.07) is -2.73. The van der Waals surface area contributed by atoms with Gasteiger partial charge in [0, 0.05) is 13.5 Å². The van der Waals surface area contributed by atoms with Gasteiger partial charge in [-0.05, 0) is 37.5 Å². The predicted octanol–water partition coefficient (Wildman–Crippen LogP) is -0.113. The van der Waals surface area contributed by atoms with Crippen molar-refractivity contribution in [3.05, 3.63) is 0 Å². The van der Waals surface area contributed by atoms with Crippen molar-refractivity contribution in [1.29, 1.82) is 0 Å². The molecular formula is C20H38N6O4. The molecule has 10 nitrogen and oxygen atoms in total. The van der Waals surface area contributed by atoms with E-state index in [1.807, 2.05) is 27.7 Å². The summed E-state index contributed by atoms with van der Waals surface area (Å²) in [5.41, 5.74) is 16.3. The van der Waals surface area contributed by atoms with Crippen molar-refractivity contribution < 1.29 is 19.2 Å². The monoisotopic (exact) mass is 426 g/mol. The molecule has 0 bridgehead atoms. The molecule has 30 heavy (non-hydrogen) atoms. The lowest BCUT2D eigenvalue weighted by Gasteiger charge is -2.37. The first-order valence-corrected chi connectivity index (χ1v) is 10.3. The van der Waals surface area contributed by atoms with Gasteiger partial charge in [-0.25, -0.2) is 0 Å². The molecule has 0 spiro atoms. The maximum absolute atomic E-state index is 13.5. The molecule has 0 saturated carbocycles. The third-order valence-corrected chi connectivity index (χ3v) is 4.46. The summed E-state index contributed by atoms with van der Waals surface area (Å²) in [7, 11) is 0. The van der Waals surface area contributed by atoms with Crippen molar-refractivity contribution in [2.24, 2.45) is 34.0 Å². The quantitative estimate of drug-likeness (QED) is 0.130. The summed E-state index contributed by atoms with van der Waals surface area (Å²) >= 11 is 0. The molecule has 0 saturated heterocycles. The Hall–Kier alpha value is -2.65. The van der Waals surface area contributed by atoms with Crippen LogP contribution in [0.4, 0.5) is 0 Å². The molecule has 3 amide bonds. The van der Waals surface area contributed by atoms with Crippen LogP contribution in [0.1, 0.15) is 60.3 Å². The second kappa shape index (κ2) is 13.6. The Balaban J connectivity index is 5.99. The molecule has 10 heteroatoms. The highest BCUT2D eigenvalue weighted by Crippen LogP contribution is 2.20. The third-order valence-electron chi connectivity index (χ3n) is 4.46. The summed E-state index contributed by atoms with van der Waals surface area (Å²) in [6.45, 7) is 9.22. The van der Waals surface area contributed by atoms with E-state index in [9.17, 15) is 19.2 Å². The zero-order valence-corrected chi connectivity index (χ0v) is 18.8. The standard InChI is InChI=1S/C20H38N6O4/c1-12(2)9-16(25-14(5)28)19(30)26(17(18(21)29)10-13(3)4)15(11-27)7-6-8-24-20(22)23/h11-13,15-17H,6-10H2,1-5H3,(H2,21,29)(H,25,28)(H4,22,23,24)/t15?,16-,17-/m0/s1. The number of rotatable bonds is 14. The van der Waals surface area contributed by atoms with Gasteiger partial charge in [-0.2, -0.15) is 0 Å². The number of aliphatic imine (C=N–C) groups is 1. The van der Waals surface area contributed by atoms with Gasteiger partial charge in [0.05, 0.1) is 6.04 Å². The molecular weight excluding hydrogens is 388 g/mol. The van der Waals surface area contributed by atoms with Crippen molar-refractivity contribution in [3.63, 3.8) is 0 Å². The number of nitrogens with two attached hydrogens (primary N) is 3. The van der Waals surface area contributed by atoms with E-state index in [1.165, 1.54) is 11.8 Å². The highest BCUT2D eigenvalue weighted by Gasteiger charge is 2.38. The Bertz CT molecular complexity index is 616. The Morgan fingerprint density at radius 3 is 2.00 bits per heavy atom. The molecule has 0 heterocycles. The van der Waals surface area contributed by atoms with Crippen LogP contribution in [0, 0.1) is 11.8 Å². The fraction of sp³-hybridized carbons (Fsp3) is 0.750. The number of hydrogen-bond acceptors (Lipinski definition) is 5. The summed E-state index contributed by atoms with van der Waals surface area (Å²) < 4.78 is 0. The summed E-state index contributed by atoms with van der Waals surface area (Å²) in [4.78, 5) is 54.5. The summed E-state index contributed by atoms with van der Waals surface area (Å²) in [6.07, 6.45) is 1.97. The molecule has 172 valence electrons. The fourth-order valence-corrected chi connectivity index (χ4v) is 3.26. The first-order valence-electron chi connectivity index (χ1n) is 10.3. The van der Waals surface area contributed by atoms with Gasteiger partial charge in [0.1, 0.15) is 18.4 Å². The van der Waals surface area contributed by atoms with E-state index in [0.717, 1.165) is 0 Å². The minimum absolute atomic E-state index is 0.0519. The van der Waals surface area contributed by atoms with Gasteiger partial charge in [0.15, 0.2) is 5.96 Å². The predicted molar refractivity (Wildman–Crippen MR) is 116 cm³/mol. The Labute approximate surface area is 179 Å². The van der Waals surface area contributed by atoms with E-state index in [1.54, 1.807) is 0 Å². The largest absolute Gasteiger partial charge is 0.370 e. The van der Waals surface area contributed by atoms with Crippen LogP contribution in [-0.2, 0) is 19.2 Å². The van der Waals surface area contributed by atoms with Crippen molar-refractivity contribution in [3.8, 4) is 0 Å². The average molecular weight is 427 g/mol. The number of carbonyl (C=O) groups excluding carboxylic acids is 4. The number of nitrogens with one attached hydrogen (secondary N) is 1. The first-order chi connectivity index (χ1) is 13.9. The number of hydrogen-bond donors (Lipinski definition) is 4. The average Bonchev–Trinajstić information content (AvgIpc) is 2.60. The Kier molecular flexibility index (Phi) is 12.4. The van der Waals surface area contributed by atoms with E-state index in [4.69, 9.17) is 17.2 Å². The van der Waals surface area contributed by atoms with Crippen LogP contribution in [0.3, 0.4) is 0 Å². The zero-order valence-electron chi connectivity index (χ0n) is 18.8. The van der Waals surface area contributed by atoms with Crippen LogP contribution in [0.2, 0.25) is 0 Å². The molecule has 0 aromatic rings. The maximum atomic E-state index is 13.5. The Morgan fingerprint density at radius 2 is 1.60 bits per heavy atom. The van der Waals surface area contributed by atoms with Gasteiger partial charge in [-0.1, -0.05) is 27.7 Å². The molecule has 0 fully saturated rings. The van der Waals surface area contributed by atoms with Crippen molar-refractivity contribution in [2.45, 2.75) is 78.4 Å². The molecule has 0 aromatic heterocycles. The third kappa shape index (κ3) is 10.2. The maximum Gasteiger partial charge on any atom is 0.246 e. The number of carbonyl (C=O) groups is 4. The molecule has 0 aliphatic rings. The van der Waals surface area contributed by atoms with Crippen molar-refractivity contribution in [1.82, 2.24) is 10.2 Å². The minimum Gasteiger partial charge on any atom is -0.370 e.